The third-order valence-electron chi connectivity index (χ3n) is 4.64. The molecule has 0 aromatic rings. The van der Waals surface area contributed by atoms with Gasteiger partial charge in [0.25, 0.3) is 0 Å². The number of morpholine rings is 1. The number of hydrogen-bond acceptors (Lipinski definition) is 3. The minimum absolute atomic E-state index is 0. The maximum absolute atomic E-state index is 6.13. The SMILES string of the molecule is CCC(CC)C(CN=C(N)N(CC)CC)N1CCOCC1.I. The zero-order valence-electron chi connectivity index (χ0n) is 14.8. The van der Waals surface area contributed by atoms with E-state index in [9.17, 15) is 0 Å². The van der Waals surface area contributed by atoms with Crippen molar-refractivity contribution in [2.75, 3.05) is 45.9 Å². The van der Waals surface area contributed by atoms with Crippen molar-refractivity contribution in [1.29, 1.82) is 0 Å². The van der Waals surface area contributed by atoms with E-state index < -0.39 is 0 Å². The van der Waals surface area contributed by atoms with Gasteiger partial charge in [-0.1, -0.05) is 26.7 Å². The Balaban J connectivity index is 0.00000441. The predicted molar refractivity (Wildman–Crippen MR) is 105 cm³/mol. The Morgan fingerprint density at radius 2 is 1.68 bits per heavy atom. The van der Waals surface area contributed by atoms with E-state index in [1.54, 1.807) is 0 Å². The van der Waals surface area contributed by atoms with Crippen LogP contribution in [0.25, 0.3) is 0 Å². The molecule has 0 spiro atoms. The summed E-state index contributed by atoms with van der Waals surface area (Å²) < 4.78 is 5.49. The highest BCUT2D eigenvalue weighted by molar-refractivity contribution is 14.0. The number of rotatable bonds is 8. The Morgan fingerprint density at radius 3 is 2.14 bits per heavy atom. The number of guanidine groups is 1. The molecule has 1 unspecified atom stereocenters. The van der Waals surface area contributed by atoms with Crippen molar-refractivity contribution in [3.05, 3.63) is 0 Å². The Kier molecular flexibility index (Phi) is 12.3. The van der Waals surface area contributed by atoms with Crippen molar-refractivity contribution in [2.24, 2.45) is 16.6 Å². The van der Waals surface area contributed by atoms with Crippen LogP contribution >= 0.6 is 24.0 Å². The second kappa shape index (κ2) is 12.4. The molecule has 0 radical (unpaired) electrons. The summed E-state index contributed by atoms with van der Waals surface area (Å²) in [6.07, 6.45) is 2.39. The second-order valence-electron chi connectivity index (χ2n) is 5.66. The molecule has 1 fully saturated rings. The summed E-state index contributed by atoms with van der Waals surface area (Å²) in [6, 6.07) is 0.484. The zero-order valence-corrected chi connectivity index (χ0v) is 17.1. The molecule has 1 aliphatic rings. The lowest BCUT2D eigenvalue weighted by Crippen LogP contribution is -2.49. The largest absolute Gasteiger partial charge is 0.379 e. The molecule has 0 aromatic carbocycles. The average Bonchev–Trinajstić information content (AvgIpc) is 2.53. The van der Waals surface area contributed by atoms with Crippen molar-refractivity contribution in [3.63, 3.8) is 0 Å². The van der Waals surface area contributed by atoms with Crippen LogP contribution in [0.4, 0.5) is 0 Å². The van der Waals surface area contributed by atoms with Gasteiger partial charge >= 0.3 is 0 Å². The third kappa shape index (κ3) is 6.58. The van der Waals surface area contributed by atoms with Crippen molar-refractivity contribution < 1.29 is 4.74 Å². The summed E-state index contributed by atoms with van der Waals surface area (Å²) in [5.41, 5.74) is 6.13. The van der Waals surface area contributed by atoms with Crippen LogP contribution < -0.4 is 5.73 Å². The average molecular weight is 426 g/mol. The van der Waals surface area contributed by atoms with Gasteiger partial charge in [-0.2, -0.15) is 0 Å². The predicted octanol–water partition coefficient (Wildman–Crippen LogP) is 2.40. The fourth-order valence-corrected chi connectivity index (χ4v) is 3.14. The molecule has 0 amide bonds. The van der Waals surface area contributed by atoms with Gasteiger partial charge in [-0.15, -0.1) is 24.0 Å². The Morgan fingerprint density at radius 1 is 1.14 bits per heavy atom. The summed E-state index contributed by atoms with van der Waals surface area (Å²) in [4.78, 5) is 9.35. The number of ether oxygens (including phenoxy) is 1. The van der Waals surface area contributed by atoms with Gasteiger partial charge in [0.15, 0.2) is 5.96 Å². The highest BCUT2D eigenvalue weighted by Crippen LogP contribution is 2.20. The highest BCUT2D eigenvalue weighted by Gasteiger charge is 2.26. The lowest BCUT2D eigenvalue weighted by molar-refractivity contribution is 0.00392. The van der Waals surface area contributed by atoms with Gasteiger partial charge in [-0.05, 0) is 19.8 Å². The normalized spacial score (nSPS) is 18.1. The van der Waals surface area contributed by atoms with Gasteiger partial charge in [0.2, 0.25) is 0 Å². The van der Waals surface area contributed by atoms with Crippen molar-refractivity contribution in [2.45, 2.75) is 46.6 Å². The summed E-state index contributed by atoms with van der Waals surface area (Å²) in [5, 5.41) is 0. The first kappa shape index (κ1) is 21.9. The van der Waals surface area contributed by atoms with Crippen molar-refractivity contribution >= 4 is 29.9 Å². The first-order valence-electron chi connectivity index (χ1n) is 8.54. The first-order chi connectivity index (χ1) is 10.2. The molecular formula is C16H35IN4O. The van der Waals surface area contributed by atoms with Crippen molar-refractivity contribution in [3.8, 4) is 0 Å². The van der Waals surface area contributed by atoms with Gasteiger partial charge in [-0.25, -0.2) is 0 Å². The molecule has 0 aliphatic carbocycles. The van der Waals surface area contributed by atoms with E-state index in [0.717, 1.165) is 45.9 Å². The summed E-state index contributed by atoms with van der Waals surface area (Å²) >= 11 is 0. The van der Waals surface area contributed by atoms with Gasteiger partial charge in [-0.3, -0.25) is 9.89 Å². The van der Waals surface area contributed by atoms with Gasteiger partial charge in [0.05, 0.1) is 19.8 Å². The van der Waals surface area contributed by atoms with Crippen LogP contribution in [0.2, 0.25) is 0 Å². The van der Waals surface area contributed by atoms with Crippen LogP contribution in [-0.2, 0) is 4.74 Å². The molecule has 1 heterocycles. The third-order valence-corrected chi connectivity index (χ3v) is 4.64. The molecule has 6 heteroatoms. The standard InChI is InChI=1S/C16H34N4O.HI/c1-5-14(6-2)15(20-9-11-21-12-10-20)13-18-16(17)19(7-3)8-4;/h14-15H,5-13H2,1-4H3,(H2,17,18);1H. The number of nitrogens with zero attached hydrogens (tertiary/aromatic N) is 3. The monoisotopic (exact) mass is 426 g/mol. The number of hydrogen-bond donors (Lipinski definition) is 1. The smallest absolute Gasteiger partial charge is 0.191 e. The van der Waals surface area contributed by atoms with Gasteiger partial charge in [0, 0.05) is 32.2 Å². The van der Waals surface area contributed by atoms with Crippen LogP contribution in [0.3, 0.4) is 0 Å². The topological polar surface area (TPSA) is 54.1 Å². The molecule has 1 saturated heterocycles. The van der Waals surface area contributed by atoms with E-state index >= 15 is 0 Å². The Hall–Kier alpha value is -0.0800. The van der Waals surface area contributed by atoms with Gasteiger partial charge < -0.3 is 15.4 Å². The fourth-order valence-electron chi connectivity index (χ4n) is 3.14. The van der Waals surface area contributed by atoms with Crippen molar-refractivity contribution in [1.82, 2.24) is 9.80 Å². The lowest BCUT2D eigenvalue weighted by Gasteiger charge is -2.38. The summed E-state index contributed by atoms with van der Waals surface area (Å²) in [6.45, 7) is 15.1. The Labute approximate surface area is 153 Å². The number of aliphatic imine (C=N–C) groups is 1. The summed E-state index contributed by atoms with van der Waals surface area (Å²) in [7, 11) is 0. The maximum atomic E-state index is 6.13. The van der Waals surface area contributed by atoms with E-state index in [-0.39, 0.29) is 24.0 Å². The molecular weight excluding hydrogens is 391 g/mol. The zero-order chi connectivity index (χ0) is 15.7. The molecule has 132 valence electrons. The fraction of sp³-hybridized carbons (Fsp3) is 0.938. The van der Waals surface area contributed by atoms with Crippen LogP contribution in [0, 0.1) is 5.92 Å². The number of halogens is 1. The molecule has 0 bridgehead atoms. The maximum Gasteiger partial charge on any atom is 0.191 e. The quantitative estimate of drug-likeness (QED) is 0.368. The molecule has 0 aromatic heterocycles. The molecule has 1 atom stereocenters. The molecule has 0 saturated carbocycles. The number of nitrogens with two attached hydrogens (primary N) is 1. The highest BCUT2D eigenvalue weighted by atomic mass is 127. The van der Waals surface area contributed by atoms with E-state index in [4.69, 9.17) is 15.5 Å². The lowest BCUT2D eigenvalue weighted by atomic mass is 9.92. The Bertz CT molecular complexity index is 301. The van der Waals surface area contributed by atoms with E-state index in [1.165, 1.54) is 12.8 Å². The van der Waals surface area contributed by atoms with Crippen LogP contribution in [0.5, 0.6) is 0 Å². The molecule has 1 aliphatic heterocycles. The first-order valence-corrected chi connectivity index (χ1v) is 8.54. The van der Waals surface area contributed by atoms with E-state index in [2.05, 4.69) is 37.5 Å². The minimum atomic E-state index is 0. The second-order valence-corrected chi connectivity index (χ2v) is 5.66. The van der Waals surface area contributed by atoms with E-state index in [1.807, 2.05) is 0 Å². The van der Waals surface area contributed by atoms with E-state index in [0.29, 0.717) is 17.9 Å². The molecule has 22 heavy (non-hydrogen) atoms. The van der Waals surface area contributed by atoms with Gasteiger partial charge in [0.1, 0.15) is 0 Å². The van der Waals surface area contributed by atoms with Crippen LogP contribution in [-0.4, -0.2) is 67.7 Å². The van der Waals surface area contributed by atoms with Crippen LogP contribution in [0.1, 0.15) is 40.5 Å². The molecule has 2 N–H and O–H groups in total. The summed E-state index contributed by atoms with van der Waals surface area (Å²) in [5.74, 6) is 1.36. The molecule has 1 rings (SSSR count). The van der Waals surface area contributed by atoms with Crippen LogP contribution in [0.15, 0.2) is 4.99 Å². The molecule has 5 nitrogen and oxygen atoms in total. The minimum Gasteiger partial charge on any atom is -0.379 e.